The van der Waals surface area contributed by atoms with E-state index in [2.05, 4.69) is 97.1 Å². The summed E-state index contributed by atoms with van der Waals surface area (Å²) in [5.74, 6) is 0. The van der Waals surface area contributed by atoms with Crippen LogP contribution in [-0.4, -0.2) is 23.9 Å². The molecule has 4 aromatic rings. The summed E-state index contributed by atoms with van der Waals surface area (Å²) in [6.07, 6.45) is 1.02. The summed E-state index contributed by atoms with van der Waals surface area (Å²) in [5, 5.41) is 0. The molecule has 5 rings (SSSR count). The number of fused-ring (bicyclic) bond motifs is 3. The van der Waals surface area contributed by atoms with Crippen molar-refractivity contribution in [2.75, 3.05) is 0 Å². The molecule has 1 heteroatoms. The molecule has 4 aromatic carbocycles. The smallest absolute Gasteiger partial charge is 0 e. The Hall–Kier alpha value is -2.32. The molecule has 1 aliphatic carbocycles. The van der Waals surface area contributed by atoms with Gasteiger partial charge in [-0.1, -0.05) is 97.1 Å². The third-order valence-corrected chi connectivity index (χ3v) is 5.10. The summed E-state index contributed by atoms with van der Waals surface area (Å²) in [4.78, 5) is 0. The van der Waals surface area contributed by atoms with Crippen molar-refractivity contribution in [3.05, 3.63) is 108 Å². The third kappa shape index (κ3) is 2.99. The van der Waals surface area contributed by atoms with Gasteiger partial charge in [0.2, 0.25) is 0 Å². The molecule has 0 atom stereocenters. The first-order valence-electron chi connectivity index (χ1n) is 8.75. The SMILES string of the molecule is [Sn].c1ccc(-c2ccc3c(c2)Cc2cc(-c4ccccc4)ccc2-3)cc1. The first-order chi connectivity index (χ1) is 12.4. The molecule has 26 heavy (non-hydrogen) atoms. The van der Waals surface area contributed by atoms with Gasteiger partial charge in [-0.25, -0.2) is 0 Å². The molecule has 0 bridgehead atoms. The van der Waals surface area contributed by atoms with Gasteiger partial charge in [0.1, 0.15) is 0 Å². The van der Waals surface area contributed by atoms with Gasteiger partial charge in [0.05, 0.1) is 0 Å². The molecule has 0 aromatic heterocycles. The van der Waals surface area contributed by atoms with Crippen LogP contribution in [0, 0.1) is 0 Å². The van der Waals surface area contributed by atoms with Gasteiger partial charge in [-0.2, -0.15) is 0 Å². The molecule has 0 N–H and O–H groups in total. The van der Waals surface area contributed by atoms with Gasteiger partial charge in [-0.15, -0.1) is 0 Å². The molecule has 0 aliphatic heterocycles. The Morgan fingerprint density at radius 3 is 1.27 bits per heavy atom. The summed E-state index contributed by atoms with van der Waals surface area (Å²) in [7, 11) is 0. The second-order valence-electron chi connectivity index (χ2n) is 6.65. The van der Waals surface area contributed by atoms with Gasteiger partial charge < -0.3 is 0 Å². The van der Waals surface area contributed by atoms with Crippen LogP contribution in [0.25, 0.3) is 33.4 Å². The second kappa shape index (κ2) is 7.12. The Labute approximate surface area is 171 Å². The van der Waals surface area contributed by atoms with Crippen LogP contribution in [0.3, 0.4) is 0 Å². The monoisotopic (exact) mass is 438 g/mol. The summed E-state index contributed by atoms with van der Waals surface area (Å²) >= 11 is 0. The van der Waals surface area contributed by atoms with Crippen LogP contribution in [-0.2, 0) is 6.42 Å². The van der Waals surface area contributed by atoms with E-state index in [1.165, 1.54) is 44.5 Å². The van der Waals surface area contributed by atoms with Crippen molar-refractivity contribution in [2.45, 2.75) is 6.42 Å². The zero-order chi connectivity index (χ0) is 16.6. The fraction of sp³-hybridized carbons (Fsp3) is 0.0400. The van der Waals surface area contributed by atoms with Gasteiger partial charge in [-0.05, 0) is 50.9 Å². The van der Waals surface area contributed by atoms with Gasteiger partial charge in [0.25, 0.3) is 0 Å². The van der Waals surface area contributed by atoms with Crippen LogP contribution in [0.15, 0.2) is 97.1 Å². The normalized spacial score (nSPS) is 11.4. The molecule has 0 nitrogen and oxygen atoms in total. The largest absolute Gasteiger partial charge is 0.0622 e. The maximum absolute atomic E-state index is 2.35. The molecule has 0 saturated carbocycles. The van der Waals surface area contributed by atoms with E-state index in [-0.39, 0.29) is 23.9 Å². The third-order valence-electron chi connectivity index (χ3n) is 5.10. The molecule has 122 valence electrons. The van der Waals surface area contributed by atoms with E-state index < -0.39 is 0 Å². The predicted molar refractivity (Wildman–Crippen MR) is 111 cm³/mol. The molecule has 1 aliphatic rings. The van der Waals surface area contributed by atoms with Crippen LogP contribution < -0.4 is 0 Å². The van der Waals surface area contributed by atoms with E-state index in [0.717, 1.165) is 6.42 Å². The van der Waals surface area contributed by atoms with E-state index in [9.17, 15) is 0 Å². The van der Waals surface area contributed by atoms with Crippen LogP contribution in [0.4, 0.5) is 0 Å². The van der Waals surface area contributed by atoms with Crippen LogP contribution in [0.2, 0.25) is 0 Å². The minimum absolute atomic E-state index is 0. The van der Waals surface area contributed by atoms with Crippen LogP contribution >= 0.6 is 0 Å². The van der Waals surface area contributed by atoms with Crippen molar-refractivity contribution in [1.29, 1.82) is 0 Å². The van der Waals surface area contributed by atoms with Crippen molar-refractivity contribution < 1.29 is 0 Å². The first-order valence-corrected chi connectivity index (χ1v) is 8.75. The number of hydrogen-bond donors (Lipinski definition) is 0. The zero-order valence-corrected chi connectivity index (χ0v) is 17.3. The standard InChI is InChI=1S/C25H18.Sn/c1-3-7-18(8-4-1)20-11-13-24-22(15-20)17-23-16-21(12-14-25(23)24)19-9-5-2-6-10-19;/h1-16H,17H2;. The van der Waals surface area contributed by atoms with E-state index in [4.69, 9.17) is 0 Å². The van der Waals surface area contributed by atoms with Crippen LogP contribution in [0.1, 0.15) is 11.1 Å². The van der Waals surface area contributed by atoms with E-state index in [1.807, 2.05) is 0 Å². The Bertz CT molecular complexity index is 963. The Kier molecular flexibility index (Phi) is 4.69. The van der Waals surface area contributed by atoms with Gasteiger partial charge in [-0.3, -0.25) is 0 Å². The maximum atomic E-state index is 2.35. The van der Waals surface area contributed by atoms with Crippen molar-refractivity contribution in [1.82, 2.24) is 0 Å². The summed E-state index contributed by atoms with van der Waals surface area (Å²) < 4.78 is 0. The van der Waals surface area contributed by atoms with Crippen LogP contribution in [0.5, 0.6) is 0 Å². The van der Waals surface area contributed by atoms with Gasteiger partial charge in [0.15, 0.2) is 0 Å². The van der Waals surface area contributed by atoms with E-state index in [1.54, 1.807) is 0 Å². The molecule has 0 amide bonds. The minimum Gasteiger partial charge on any atom is -0.0622 e. The maximum Gasteiger partial charge on any atom is 0 e. The second-order valence-corrected chi connectivity index (χ2v) is 6.65. The Morgan fingerprint density at radius 2 is 0.846 bits per heavy atom. The Morgan fingerprint density at radius 1 is 0.423 bits per heavy atom. The quantitative estimate of drug-likeness (QED) is 0.288. The fourth-order valence-corrected chi connectivity index (χ4v) is 3.83. The average Bonchev–Trinajstić information content (AvgIpc) is 3.06. The predicted octanol–water partition coefficient (Wildman–Crippen LogP) is 6.21. The van der Waals surface area contributed by atoms with Gasteiger partial charge in [0, 0.05) is 23.9 Å². The zero-order valence-electron chi connectivity index (χ0n) is 14.4. The molecular formula is C25H18Sn. The summed E-state index contributed by atoms with van der Waals surface area (Å²) in [5.41, 5.74) is 10.8. The molecule has 0 fully saturated rings. The minimum atomic E-state index is 0. The average molecular weight is 437 g/mol. The van der Waals surface area contributed by atoms with Crippen molar-refractivity contribution in [2.24, 2.45) is 0 Å². The topological polar surface area (TPSA) is 0 Å². The van der Waals surface area contributed by atoms with E-state index in [0.29, 0.717) is 0 Å². The van der Waals surface area contributed by atoms with E-state index >= 15 is 0 Å². The summed E-state index contributed by atoms with van der Waals surface area (Å²) in [6, 6.07) is 35.0. The number of hydrogen-bond acceptors (Lipinski definition) is 0. The molecule has 0 unspecified atom stereocenters. The summed E-state index contributed by atoms with van der Waals surface area (Å²) in [6.45, 7) is 0. The number of rotatable bonds is 2. The van der Waals surface area contributed by atoms with Crippen molar-refractivity contribution >= 4 is 23.9 Å². The van der Waals surface area contributed by atoms with Crippen molar-refractivity contribution in [3.8, 4) is 33.4 Å². The first kappa shape index (κ1) is 17.1. The fourth-order valence-electron chi connectivity index (χ4n) is 3.83. The molecule has 0 heterocycles. The van der Waals surface area contributed by atoms with Gasteiger partial charge >= 0.3 is 0 Å². The number of benzene rings is 4. The molecule has 0 spiro atoms. The van der Waals surface area contributed by atoms with Crippen molar-refractivity contribution in [3.63, 3.8) is 0 Å². The molecular weight excluding hydrogens is 419 g/mol. The Balaban J connectivity index is 0.00000168. The molecule has 4 radical (unpaired) electrons. The molecule has 0 saturated heterocycles.